The first-order valence-electron chi connectivity index (χ1n) is 8.85. The standard InChI is InChI=1S/C20H23F2N3O/c1-2-14-3-5-15(6-4-14)19-12-23-9-10-25(19)13-20(26)24-18-8-7-16(21)11-17(18)22/h3-8,11,19,23H,2,9-10,12-13H2,1H3,(H,24,26). The van der Waals surface area contributed by atoms with Gasteiger partial charge in [0, 0.05) is 31.7 Å². The third-order valence-electron chi connectivity index (χ3n) is 4.68. The fraction of sp³-hybridized carbons (Fsp3) is 0.350. The number of aryl methyl sites for hydroxylation is 1. The molecule has 1 atom stereocenters. The Balaban J connectivity index is 1.68. The Morgan fingerprint density at radius 1 is 1.23 bits per heavy atom. The minimum atomic E-state index is -0.773. The molecule has 1 aliphatic rings. The summed E-state index contributed by atoms with van der Waals surface area (Å²) < 4.78 is 26.7. The van der Waals surface area contributed by atoms with Crippen LogP contribution in [0, 0.1) is 11.6 Å². The Labute approximate surface area is 152 Å². The number of halogens is 2. The average molecular weight is 359 g/mol. The average Bonchev–Trinajstić information content (AvgIpc) is 2.65. The van der Waals surface area contributed by atoms with Crippen molar-refractivity contribution in [3.05, 3.63) is 65.2 Å². The topological polar surface area (TPSA) is 44.4 Å². The van der Waals surface area contributed by atoms with Crippen LogP contribution in [0.2, 0.25) is 0 Å². The third-order valence-corrected chi connectivity index (χ3v) is 4.68. The highest BCUT2D eigenvalue weighted by Crippen LogP contribution is 2.23. The minimum Gasteiger partial charge on any atom is -0.322 e. The molecule has 2 aromatic rings. The monoisotopic (exact) mass is 359 g/mol. The van der Waals surface area contributed by atoms with Crippen molar-refractivity contribution in [1.29, 1.82) is 0 Å². The quantitative estimate of drug-likeness (QED) is 0.862. The number of hydrogen-bond acceptors (Lipinski definition) is 3. The van der Waals surface area contributed by atoms with Crippen LogP contribution < -0.4 is 10.6 Å². The lowest BCUT2D eigenvalue weighted by atomic mass is 10.0. The maximum Gasteiger partial charge on any atom is 0.238 e. The van der Waals surface area contributed by atoms with E-state index in [0.29, 0.717) is 0 Å². The molecule has 1 amide bonds. The smallest absolute Gasteiger partial charge is 0.238 e. The number of hydrogen-bond donors (Lipinski definition) is 2. The first kappa shape index (κ1) is 18.5. The number of nitrogens with zero attached hydrogens (tertiary/aromatic N) is 1. The summed E-state index contributed by atoms with van der Waals surface area (Å²) in [7, 11) is 0. The summed E-state index contributed by atoms with van der Waals surface area (Å²) in [6, 6.07) is 11.6. The van der Waals surface area contributed by atoms with Gasteiger partial charge in [-0.15, -0.1) is 0 Å². The van der Waals surface area contributed by atoms with E-state index in [1.807, 2.05) is 0 Å². The molecule has 4 nitrogen and oxygen atoms in total. The predicted octanol–water partition coefficient (Wildman–Crippen LogP) is 3.11. The Morgan fingerprint density at radius 3 is 2.69 bits per heavy atom. The summed E-state index contributed by atoms with van der Waals surface area (Å²) >= 11 is 0. The van der Waals surface area contributed by atoms with Crippen LogP contribution in [0.3, 0.4) is 0 Å². The second-order valence-electron chi connectivity index (χ2n) is 6.46. The summed E-state index contributed by atoms with van der Waals surface area (Å²) in [6.45, 7) is 4.53. The van der Waals surface area contributed by atoms with E-state index < -0.39 is 11.6 Å². The highest BCUT2D eigenvalue weighted by atomic mass is 19.1. The van der Waals surface area contributed by atoms with Gasteiger partial charge in [0.15, 0.2) is 0 Å². The molecule has 6 heteroatoms. The molecule has 2 N–H and O–H groups in total. The minimum absolute atomic E-state index is 0.00427. The Hall–Kier alpha value is -2.31. The lowest BCUT2D eigenvalue weighted by Crippen LogP contribution is -2.48. The molecule has 1 saturated heterocycles. The molecular formula is C20H23F2N3O. The molecule has 0 aliphatic carbocycles. The Bertz CT molecular complexity index is 764. The summed E-state index contributed by atoms with van der Waals surface area (Å²) in [6.07, 6.45) is 0.985. The van der Waals surface area contributed by atoms with E-state index in [4.69, 9.17) is 0 Å². The molecule has 0 aromatic heterocycles. The number of carbonyl (C=O) groups excluding carboxylic acids is 1. The lowest BCUT2D eigenvalue weighted by molar-refractivity contribution is -0.118. The van der Waals surface area contributed by atoms with Crippen molar-refractivity contribution in [2.75, 3.05) is 31.5 Å². The van der Waals surface area contributed by atoms with Crippen LogP contribution in [0.1, 0.15) is 24.1 Å². The van der Waals surface area contributed by atoms with Gasteiger partial charge in [-0.2, -0.15) is 0 Å². The van der Waals surface area contributed by atoms with Crippen molar-refractivity contribution in [3.8, 4) is 0 Å². The van der Waals surface area contributed by atoms with E-state index >= 15 is 0 Å². The van der Waals surface area contributed by atoms with Crippen LogP contribution in [0.4, 0.5) is 14.5 Å². The van der Waals surface area contributed by atoms with Gasteiger partial charge >= 0.3 is 0 Å². The zero-order valence-corrected chi connectivity index (χ0v) is 14.8. The number of benzene rings is 2. The SMILES string of the molecule is CCc1ccc(C2CNCCN2CC(=O)Nc2ccc(F)cc2F)cc1. The van der Waals surface area contributed by atoms with Gasteiger partial charge in [0.2, 0.25) is 5.91 Å². The number of piperazine rings is 1. The first-order chi connectivity index (χ1) is 12.6. The van der Waals surface area contributed by atoms with Gasteiger partial charge in [-0.1, -0.05) is 31.2 Å². The van der Waals surface area contributed by atoms with Crippen LogP contribution in [0.25, 0.3) is 0 Å². The number of amides is 1. The van der Waals surface area contributed by atoms with Gasteiger partial charge in [-0.05, 0) is 29.7 Å². The molecule has 0 radical (unpaired) electrons. The first-order valence-corrected chi connectivity index (χ1v) is 8.85. The lowest BCUT2D eigenvalue weighted by Gasteiger charge is -2.36. The summed E-state index contributed by atoms with van der Waals surface area (Å²) in [5, 5.41) is 5.89. The van der Waals surface area contributed by atoms with E-state index in [9.17, 15) is 13.6 Å². The van der Waals surface area contributed by atoms with Crippen LogP contribution in [-0.2, 0) is 11.2 Å². The maximum atomic E-state index is 13.7. The van der Waals surface area contributed by atoms with Crippen molar-refractivity contribution in [3.63, 3.8) is 0 Å². The fourth-order valence-electron chi connectivity index (χ4n) is 3.20. The van der Waals surface area contributed by atoms with E-state index in [1.165, 1.54) is 11.6 Å². The van der Waals surface area contributed by atoms with Gasteiger partial charge < -0.3 is 10.6 Å². The van der Waals surface area contributed by atoms with E-state index in [-0.39, 0.29) is 24.2 Å². The van der Waals surface area contributed by atoms with Crippen LogP contribution in [-0.4, -0.2) is 37.0 Å². The number of carbonyl (C=O) groups is 1. The molecule has 1 heterocycles. The van der Waals surface area contributed by atoms with Gasteiger partial charge in [-0.25, -0.2) is 8.78 Å². The fourth-order valence-corrected chi connectivity index (χ4v) is 3.20. The van der Waals surface area contributed by atoms with E-state index in [1.54, 1.807) is 0 Å². The Kier molecular flexibility index (Phi) is 5.96. The predicted molar refractivity (Wildman–Crippen MR) is 98.0 cm³/mol. The second kappa shape index (κ2) is 8.38. The summed E-state index contributed by atoms with van der Waals surface area (Å²) in [5.74, 6) is -1.75. The van der Waals surface area contributed by atoms with Crippen molar-refractivity contribution in [1.82, 2.24) is 10.2 Å². The van der Waals surface area contributed by atoms with Crippen LogP contribution in [0.15, 0.2) is 42.5 Å². The van der Waals surface area contributed by atoms with Gasteiger partial charge in [0.05, 0.1) is 12.2 Å². The van der Waals surface area contributed by atoms with E-state index in [2.05, 4.69) is 46.7 Å². The summed E-state index contributed by atoms with van der Waals surface area (Å²) in [4.78, 5) is 14.4. The maximum absolute atomic E-state index is 13.7. The third kappa shape index (κ3) is 4.45. The molecule has 0 saturated carbocycles. The van der Waals surface area contributed by atoms with Gasteiger partial charge in [0.1, 0.15) is 11.6 Å². The molecule has 1 unspecified atom stereocenters. The molecule has 0 bridgehead atoms. The van der Waals surface area contributed by atoms with Crippen molar-refractivity contribution in [2.24, 2.45) is 0 Å². The molecule has 1 fully saturated rings. The zero-order valence-electron chi connectivity index (χ0n) is 14.8. The molecule has 1 aliphatic heterocycles. The molecule has 2 aromatic carbocycles. The molecular weight excluding hydrogens is 336 g/mol. The van der Waals surface area contributed by atoms with Crippen molar-refractivity contribution in [2.45, 2.75) is 19.4 Å². The number of rotatable bonds is 5. The van der Waals surface area contributed by atoms with Gasteiger partial charge in [0.25, 0.3) is 0 Å². The highest BCUT2D eigenvalue weighted by Gasteiger charge is 2.25. The Morgan fingerprint density at radius 2 is 2.00 bits per heavy atom. The molecule has 3 rings (SSSR count). The molecule has 26 heavy (non-hydrogen) atoms. The van der Waals surface area contributed by atoms with Crippen molar-refractivity contribution < 1.29 is 13.6 Å². The second-order valence-corrected chi connectivity index (χ2v) is 6.46. The number of nitrogens with one attached hydrogen (secondary N) is 2. The van der Waals surface area contributed by atoms with Gasteiger partial charge in [-0.3, -0.25) is 9.69 Å². The molecule has 0 spiro atoms. The van der Waals surface area contributed by atoms with E-state index in [0.717, 1.165) is 43.8 Å². The largest absolute Gasteiger partial charge is 0.322 e. The van der Waals surface area contributed by atoms with Crippen LogP contribution >= 0.6 is 0 Å². The summed E-state index contributed by atoms with van der Waals surface area (Å²) in [5.41, 5.74) is 2.42. The molecule has 138 valence electrons. The zero-order chi connectivity index (χ0) is 18.5. The number of anilines is 1. The normalized spacial score (nSPS) is 17.9. The highest BCUT2D eigenvalue weighted by molar-refractivity contribution is 5.92. The van der Waals surface area contributed by atoms with Crippen molar-refractivity contribution >= 4 is 11.6 Å². The van der Waals surface area contributed by atoms with Crippen LogP contribution in [0.5, 0.6) is 0 Å².